The molecule has 0 bridgehead atoms. The second-order valence-electron chi connectivity index (χ2n) is 4.23. The second-order valence-corrected chi connectivity index (χ2v) is 4.23. The van der Waals surface area contributed by atoms with Crippen LogP contribution < -0.4 is 10.6 Å². The lowest BCUT2D eigenvalue weighted by Gasteiger charge is -2.25. The molecule has 0 aromatic carbocycles. The first-order valence-corrected chi connectivity index (χ1v) is 5.75. The van der Waals surface area contributed by atoms with Gasteiger partial charge in [0.15, 0.2) is 0 Å². The van der Waals surface area contributed by atoms with Gasteiger partial charge in [0.1, 0.15) is 11.3 Å². The van der Waals surface area contributed by atoms with Crippen LogP contribution in [0.25, 0.3) is 0 Å². The molecule has 0 aliphatic carbocycles. The van der Waals surface area contributed by atoms with Crippen molar-refractivity contribution in [2.45, 2.75) is 5.60 Å². The minimum atomic E-state index is -1.09. The number of nitrogens with zero attached hydrogens (tertiary/aromatic N) is 2. The van der Waals surface area contributed by atoms with E-state index in [1.165, 1.54) is 18.6 Å². The minimum absolute atomic E-state index is 0.107. The molecule has 1 aromatic heterocycles. The van der Waals surface area contributed by atoms with Crippen LogP contribution in [-0.2, 0) is 4.74 Å². The maximum atomic E-state index is 11.7. The molecule has 7 nitrogen and oxygen atoms in total. The van der Waals surface area contributed by atoms with Crippen molar-refractivity contribution < 1.29 is 14.6 Å². The molecule has 98 valence electrons. The van der Waals surface area contributed by atoms with Gasteiger partial charge in [0, 0.05) is 25.5 Å². The van der Waals surface area contributed by atoms with E-state index >= 15 is 0 Å². The number of hydrogen-bond donors (Lipinski definition) is 3. The van der Waals surface area contributed by atoms with Crippen LogP contribution in [0.3, 0.4) is 0 Å². The molecule has 3 N–H and O–H groups in total. The Morgan fingerprint density at radius 2 is 2.50 bits per heavy atom. The lowest BCUT2D eigenvalue weighted by Crippen LogP contribution is -2.51. The number of carbonyl (C=O) groups is 1. The van der Waals surface area contributed by atoms with E-state index < -0.39 is 5.60 Å². The molecular weight excluding hydrogens is 236 g/mol. The molecule has 1 saturated heterocycles. The summed E-state index contributed by atoms with van der Waals surface area (Å²) in [5.74, 6) is -0.360. The number of hydrogen-bond acceptors (Lipinski definition) is 6. The van der Waals surface area contributed by atoms with Crippen LogP contribution in [0.2, 0.25) is 0 Å². The molecule has 7 heteroatoms. The summed E-state index contributed by atoms with van der Waals surface area (Å²) < 4.78 is 5.26. The van der Waals surface area contributed by atoms with E-state index in [9.17, 15) is 9.90 Å². The number of rotatable bonds is 3. The largest absolute Gasteiger partial charge is 0.384 e. The molecule has 1 aromatic rings. The zero-order valence-electron chi connectivity index (χ0n) is 9.93. The van der Waals surface area contributed by atoms with Crippen molar-refractivity contribution >= 4 is 5.91 Å². The first kappa shape index (κ1) is 12.9. The highest BCUT2D eigenvalue weighted by Gasteiger charge is 2.29. The summed E-state index contributed by atoms with van der Waals surface area (Å²) in [7, 11) is 0. The Bertz CT molecular complexity index is 391. The predicted octanol–water partition coefficient (Wildman–Crippen LogP) is -1.44. The van der Waals surface area contributed by atoms with E-state index in [2.05, 4.69) is 20.6 Å². The minimum Gasteiger partial charge on any atom is -0.384 e. The number of carbonyl (C=O) groups excluding carboxylic acids is 1. The third kappa shape index (κ3) is 3.46. The van der Waals surface area contributed by atoms with E-state index in [4.69, 9.17) is 4.74 Å². The van der Waals surface area contributed by atoms with Crippen LogP contribution in [0.4, 0.5) is 0 Å². The van der Waals surface area contributed by atoms with E-state index in [0.29, 0.717) is 19.7 Å². The standard InChI is InChI=1S/C11H16N4O3/c16-10(9-5-12-1-2-14-9)15-7-11(17)6-13-3-4-18-8-11/h1-2,5,13,17H,3-4,6-8H2,(H,15,16)/t11-/m1/s1. The fraction of sp³-hybridized carbons (Fsp3) is 0.545. The van der Waals surface area contributed by atoms with Gasteiger partial charge < -0.3 is 20.5 Å². The van der Waals surface area contributed by atoms with Gasteiger partial charge in [0.2, 0.25) is 0 Å². The molecule has 1 fully saturated rings. The number of β-amino-alcohol motifs (C(OH)–C–C–N with tert-alkyl or cyclic N) is 1. The molecule has 18 heavy (non-hydrogen) atoms. The number of aromatic nitrogens is 2. The van der Waals surface area contributed by atoms with Gasteiger partial charge in [-0.3, -0.25) is 9.78 Å². The molecule has 0 unspecified atom stereocenters. The van der Waals surface area contributed by atoms with Crippen LogP contribution in [0.5, 0.6) is 0 Å². The summed E-state index contributed by atoms with van der Waals surface area (Å²) in [4.78, 5) is 19.4. The third-order valence-corrected chi connectivity index (χ3v) is 2.62. The monoisotopic (exact) mass is 252 g/mol. The van der Waals surface area contributed by atoms with Gasteiger partial charge in [0.25, 0.3) is 5.91 Å². The maximum Gasteiger partial charge on any atom is 0.271 e. The summed E-state index contributed by atoms with van der Waals surface area (Å²) in [6.45, 7) is 1.94. The van der Waals surface area contributed by atoms with Crippen LogP contribution in [0.15, 0.2) is 18.6 Å². The van der Waals surface area contributed by atoms with Gasteiger partial charge in [0.05, 0.1) is 26.0 Å². The summed E-state index contributed by atoms with van der Waals surface area (Å²) in [5.41, 5.74) is -0.863. The molecule has 1 atom stereocenters. The predicted molar refractivity (Wildman–Crippen MR) is 63.0 cm³/mol. The Morgan fingerprint density at radius 1 is 1.61 bits per heavy atom. The van der Waals surface area contributed by atoms with Crippen molar-refractivity contribution in [1.29, 1.82) is 0 Å². The zero-order valence-corrected chi connectivity index (χ0v) is 9.93. The van der Waals surface area contributed by atoms with Crippen LogP contribution >= 0.6 is 0 Å². The van der Waals surface area contributed by atoms with Crippen molar-refractivity contribution in [2.24, 2.45) is 0 Å². The van der Waals surface area contributed by atoms with Gasteiger partial charge in [-0.25, -0.2) is 4.98 Å². The zero-order chi connectivity index (χ0) is 12.8. The first-order valence-electron chi connectivity index (χ1n) is 5.75. The molecule has 1 amide bonds. The Hall–Kier alpha value is -1.57. The van der Waals surface area contributed by atoms with E-state index in [1.54, 1.807) is 0 Å². The normalized spacial score (nSPS) is 24.3. The average Bonchev–Trinajstić information content (AvgIpc) is 2.62. The molecule has 2 rings (SSSR count). The van der Waals surface area contributed by atoms with Gasteiger partial charge in [-0.05, 0) is 0 Å². The number of amides is 1. The Morgan fingerprint density at radius 3 is 3.28 bits per heavy atom. The Labute approximate surface area is 105 Å². The maximum absolute atomic E-state index is 11.7. The SMILES string of the molecule is O=C(NC[C@]1(O)CNCCOC1)c1cnccn1. The highest BCUT2D eigenvalue weighted by atomic mass is 16.5. The third-order valence-electron chi connectivity index (χ3n) is 2.62. The number of aliphatic hydroxyl groups is 1. The fourth-order valence-electron chi connectivity index (χ4n) is 1.64. The lowest BCUT2D eigenvalue weighted by molar-refractivity contribution is -0.0253. The van der Waals surface area contributed by atoms with Crippen molar-refractivity contribution in [2.75, 3.05) is 32.8 Å². The van der Waals surface area contributed by atoms with Gasteiger partial charge in [-0.2, -0.15) is 0 Å². The van der Waals surface area contributed by atoms with E-state index in [1.807, 2.05) is 0 Å². The van der Waals surface area contributed by atoms with Crippen LogP contribution in [0.1, 0.15) is 10.5 Å². The van der Waals surface area contributed by atoms with E-state index in [-0.39, 0.29) is 24.8 Å². The quantitative estimate of drug-likeness (QED) is 0.609. The van der Waals surface area contributed by atoms with Crippen molar-refractivity contribution in [3.63, 3.8) is 0 Å². The molecular formula is C11H16N4O3. The van der Waals surface area contributed by atoms with Crippen molar-refractivity contribution in [3.05, 3.63) is 24.3 Å². The highest BCUT2D eigenvalue weighted by Crippen LogP contribution is 2.05. The molecule has 1 aliphatic rings. The number of ether oxygens (including phenoxy) is 1. The Balaban J connectivity index is 1.88. The summed E-state index contributed by atoms with van der Waals surface area (Å²) in [5, 5.41) is 15.9. The topological polar surface area (TPSA) is 96.4 Å². The van der Waals surface area contributed by atoms with E-state index in [0.717, 1.165) is 0 Å². The van der Waals surface area contributed by atoms with Gasteiger partial charge >= 0.3 is 0 Å². The highest BCUT2D eigenvalue weighted by molar-refractivity contribution is 5.91. The lowest BCUT2D eigenvalue weighted by atomic mass is 10.1. The van der Waals surface area contributed by atoms with Gasteiger partial charge in [-0.15, -0.1) is 0 Å². The first-order chi connectivity index (χ1) is 8.70. The fourth-order valence-corrected chi connectivity index (χ4v) is 1.64. The molecule has 2 heterocycles. The average molecular weight is 252 g/mol. The van der Waals surface area contributed by atoms with Crippen molar-refractivity contribution in [3.8, 4) is 0 Å². The smallest absolute Gasteiger partial charge is 0.271 e. The van der Waals surface area contributed by atoms with Crippen molar-refractivity contribution in [1.82, 2.24) is 20.6 Å². The van der Waals surface area contributed by atoms with Crippen LogP contribution in [0, 0.1) is 0 Å². The number of nitrogens with one attached hydrogen (secondary N) is 2. The molecule has 0 spiro atoms. The second kappa shape index (κ2) is 5.85. The van der Waals surface area contributed by atoms with Gasteiger partial charge in [-0.1, -0.05) is 0 Å². The van der Waals surface area contributed by atoms with Crippen LogP contribution in [-0.4, -0.2) is 59.4 Å². The summed E-state index contributed by atoms with van der Waals surface area (Å²) in [6, 6.07) is 0. The Kier molecular flexibility index (Phi) is 4.19. The molecule has 1 aliphatic heterocycles. The molecule has 0 saturated carbocycles. The summed E-state index contributed by atoms with van der Waals surface area (Å²) >= 11 is 0. The molecule has 0 radical (unpaired) electrons. The summed E-state index contributed by atoms with van der Waals surface area (Å²) in [6.07, 6.45) is 4.31.